The van der Waals surface area contributed by atoms with Crippen molar-refractivity contribution in [1.82, 2.24) is 0 Å². The van der Waals surface area contributed by atoms with E-state index in [1.807, 2.05) is 13.0 Å². The van der Waals surface area contributed by atoms with Gasteiger partial charge in [0.05, 0.1) is 139 Å². The van der Waals surface area contributed by atoms with Crippen molar-refractivity contribution >= 4 is 102 Å². The van der Waals surface area contributed by atoms with Gasteiger partial charge in [-0.05, 0) is 191 Å². The van der Waals surface area contributed by atoms with Crippen LogP contribution in [0.2, 0.25) is 10.0 Å². The van der Waals surface area contributed by atoms with Crippen LogP contribution < -0.4 is 18.9 Å². The molecule has 8 aromatic rings. The Bertz CT molecular complexity index is 6650. The maximum atomic E-state index is 15.4. The van der Waals surface area contributed by atoms with Gasteiger partial charge in [-0.2, -0.15) is 18.4 Å². The van der Waals surface area contributed by atoms with Crippen LogP contribution in [0.5, 0.6) is 23.0 Å². The number of nitrogens with zero attached hydrogens (tertiary/aromatic N) is 1. The van der Waals surface area contributed by atoms with E-state index in [0.717, 1.165) is 73.2 Å². The molecule has 134 heavy (non-hydrogen) atoms. The SMILES string of the molecule is CCCCS(=O)(=O)CC[C@@H]1OCC[C@@]2(S(=O)(=O)c3ccc(C(F)(F)F)cc3)c3c(F)ccc(F)c3OC[C@@H]12.CCS(=O)(=O)CC[C@@H]1OCC[C@@]2(S(=O)(=O)c3ccc(C#N)cc3)c3c(F)ccc(F)c3OC[C@@H]12.CS(=O)(=O)C[C@@H]1OCC[C@@]2(S(=O)(=O)c3ccc(Cl)cc3)c3c(F)ccc(F)c3OC[C@@H]12.CS(=O)(=O)C[C@@H]1OCC[C@@]2(S(=O)(=O)c3ccc(Cl)cc3)c3c(F)ccc(F)c3OC[C@@H]12. The lowest BCUT2D eigenvalue weighted by atomic mass is 9.75. The first-order valence-electron chi connectivity index (χ1n) is 41.6. The van der Waals surface area contributed by atoms with E-state index in [9.17, 15) is 98.1 Å². The zero-order chi connectivity index (χ0) is 97.9. The molecule has 0 aliphatic carbocycles. The van der Waals surface area contributed by atoms with E-state index in [2.05, 4.69) is 0 Å². The van der Waals surface area contributed by atoms with Gasteiger partial charge in [-0.15, -0.1) is 0 Å². The summed E-state index contributed by atoms with van der Waals surface area (Å²) in [7, 11) is -31.8. The summed E-state index contributed by atoms with van der Waals surface area (Å²) in [5, 5.41) is 9.68. The van der Waals surface area contributed by atoms with E-state index in [1.165, 1.54) is 79.7 Å². The molecule has 16 rings (SSSR count). The van der Waals surface area contributed by atoms with Crippen LogP contribution in [0.3, 0.4) is 0 Å². The molecule has 25 nitrogen and oxygen atoms in total. The predicted octanol–water partition coefficient (Wildman–Crippen LogP) is 14.4. The lowest BCUT2D eigenvalue weighted by molar-refractivity contribution is -0.137. The van der Waals surface area contributed by atoms with Gasteiger partial charge in [0.25, 0.3) is 0 Å². The summed E-state index contributed by atoms with van der Waals surface area (Å²) in [5.41, 5.74) is -2.65. The summed E-state index contributed by atoms with van der Waals surface area (Å²) in [4.78, 5) is -0.949. The third-order valence-corrected chi connectivity index (χ3v) is 41.7. The van der Waals surface area contributed by atoms with Gasteiger partial charge in [0.1, 0.15) is 81.6 Å². The Labute approximate surface area is 777 Å². The first kappa shape index (κ1) is 103. The number of fused-ring (bicyclic) bond motifs is 12. The van der Waals surface area contributed by atoms with E-state index < -0.39 is 272 Å². The summed E-state index contributed by atoms with van der Waals surface area (Å²) in [5.74, 6) is -15.5. The first-order valence-corrected chi connectivity index (χ1v) is 56.1. The lowest BCUT2D eigenvalue weighted by Crippen LogP contribution is -2.58. The number of alkyl halides is 3. The number of unbranched alkanes of at least 4 members (excludes halogenated alkanes) is 1. The molecule has 4 fully saturated rings. The molecule has 0 amide bonds. The summed E-state index contributed by atoms with van der Waals surface area (Å²) >= 11 is 11.8. The fourth-order valence-corrected chi connectivity index (χ4v) is 33.1. The van der Waals surface area contributed by atoms with Crippen LogP contribution in [0, 0.1) is 81.5 Å². The van der Waals surface area contributed by atoms with Crippen LogP contribution in [0.4, 0.5) is 48.3 Å². The molecule has 0 saturated carbocycles. The smallest absolute Gasteiger partial charge is 0.416 e. The molecule has 0 N–H and O–H groups in total. The fourth-order valence-electron chi connectivity index (χ4n) is 19.2. The quantitative estimate of drug-likeness (QED) is 0.0569. The largest absolute Gasteiger partial charge is 0.490 e. The molecular weight excluding hydrogens is 1990 g/mol. The van der Waals surface area contributed by atoms with Crippen molar-refractivity contribution in [2.75, 3.05) is 99.9 Å². The summed E-state index contributed by atoms with van der Waals surface area (Å²) in [6, 6.07) is 27.3. The standard InChI is InChI=1S/C25H27F5O6S2.C23H23F2NO6S2.2C20H19ClF2O6S2/c1-2-3-13-37(31,32)14-10-21-18-15-36-23-20(27)9-8-19(26)22(23)24(18,11-12-35-21)38(33,34)17-6-4-16(5-7-17)25(28,29)30;1-2-33(27,28)12-9-20-17-14-32-22-19(25)8-7-18(24)21(22)23(17,10-11-31-20)34(29,30)16-5-3-15(13-26)4-6-16;2*1-30(24,25)11-17-14-10-29-19-16(23)7-6-15(22)18(19)20(14,8-9-28-17)31(26,27)13-4-2-12(21)3-5-13/h4-9,18,21H,2-3,10-15H2,1H3;3-8,17,20H,2,9-12,14H2,1H3;2*2-7,14,17H,8-11H2,1H3/t18-,21-,24-;17-,20-,23-;2*14-,17-,20-/m0000/s1. The first-order chi connectivity index (χ1) is 62.8. The van der Waals surface area contributed by atoms with Crippen molar-refractivity contribution in [3.63, 3.8) is 0 Å². The summed E-state index contributed by atoms with van der Waals surface area (Å²) in [6.45, 7) is 1.30. The molecule has 728 valence electrons. The van der Waals surface area contributed by atoms with Crippen molar-refractivity contribution in [3.8, 4) is 29.1 Å². The number of hydrogen-bond donors (Lipinski definition) is 0. The van der Waals surface area contributed by atoms with Gasteiger partial charge >= 0.3 is 6.18 Å². The van der Waals surface area contributed by atoms with E-state index in [0.29, 0.717) is 35.0 Å². The van der Waals surface area contributed by atoms with Crippen LogP contribution in [-0.4, -0.2) is 192 Å². The van der Waals surface area contributed by atoms with Crippen LogP contribution in [-0.2, 0) is 123 Å². The fraction of sp³-hybridized carbons (Fsp3) is 0.443. The second-order valence-corrected chi connectivity index (χ2v) is 52.2. The summed E-state index contributed by atoms with van der Waals surface area (Å²) in [6.07, 6.45) is -6.69. The number of benzene rings is 8. The van der Waals surface area contributed by atoms with Crippen LogP contribution in [0.1, 0.15) is 98.6 Å². The lowest BCUT2D eigenvalue weighted by Gasteiger charge is -2.50. The Morgan fingerprint density at radius 3 is 0.896 bits per heavy atom. The molecule has 0 bridgehead atoms. The molecule has 4 saturated heterocycles. The maximum Gasteiger partial charge on any atom is 0.416 e. The number of hydrogen-bond acceptors (Lipinski definition) is 25. The van der Waals surface area contributed by atoms with Gasteiger partial charge in [0, 0.05) is 78.4 Å². The minimum absolute atomic E-state index is 0.0128. The highest BCUT2D eigenvalue weighted by Crippen LogP contribution is 2.61. The molecule has 0 unspecified atom stereocenters. The van der Waals surface area contributed by atoms with Crippen LogP contribution >= 0.6 is 23.2 Å². The number of rotatable bonds is 22. The van der Waals surface area contributed by atoms with E-state index in [4.69, 9.17) is 66.4 Å². The molecular formula is C88H88Cl2F11NO24S8. The van der Waals surface area contributed by atoms with Crippen LogP contribution in [0.15, 0.2) is 165 Å². The molecule has 46 heteroatoms. The third kappa shape index (κ3) is 19.4. The number of sulfone groups is 8. The monoisotopic (exact) mass is 2080 g/mol. The Morgan fingerprint density at radius 1 is 0.366 bits per heavy atom. The average molecular weight is 2080 g/mol. The predicted molar refractivity (Wildman–Crippen MR) is 466 cm³/mol. The Hall–Kier alpha value is -8.30. The maximum absolute atomic E-state index is 15.4. The van der Waals surface area contributed by atoms with Crippen LogP contribution in [0.25, 0.3) is 0 Å². The van der Waals surface area contributed by atoms with Gasteiger partial charge in [-0.3, -0.25) is 0 Å². The van der Waals surface area contributed by atoms with Gasteiger partial charge in [-0.1, -0.05) is 43.5 Å². The zero-order valence-corrected chi connectivity index (χ0v) is 79.5. The molecule has 0 aromatic heterocycles. The Balaban J connectivity index is 0.000000152. The van der Waals surface area contributed by atoms with E-state index >= 15 is 17.6 Å². The second-order valence-electron chi connectivity index (χ2n) is 33.4. The minimum atomic E-state index is -4.71. The van der Waals surface area contributed by atoms with Gasteiger partial charge in [0.15, 0.2) is 85.6 Å². The highest BCUT2D eigenvalue weighted by molar-refractivity contribution is 7.94. The molecule has 0 spiro atoms. The molecule has 8 aliphatic heterocycles. The molecule has 12 atom stereocenters. The minimum Gasteiger partial charge on any atom is -0.490 e. The van der Waals surface area contributed by atoms with Crippen molar-refractivity contribution in [3.05, 3.63) is 236 Å². The van der Waals surface area contributed by atoms with Gasteiger partial charge < -0.3 is 37.9 Å². The number of nitriles is 1. The number of ether oxygens (including phenoxy) is 8. The van der Waals surface area contributed by atoms with Crippen molar-refractivity contribution in [1.29, 1.82) is 5.26 Å². The second kappa shape index (κ2) is 39.2. The molecule has 8 aromatic carbocycles. The van der Waals surface area contributed by atoms with Gasteiger partial charge in [-0.25, -0.2) is 102 Å². The molecule has 0 radical (unpaired) electrons. The Morgan fingerprint density at radius 2 is 0.627 bits per heavy atom. The third-order valence-electron chi connectivity index (χ3n) is 25.5. The van der Waals surface area contributed by atoms with E-state index in [1.54, 1.807) is 0 Å². The molecule has 8 heterocycles. The average Bonchev–Trinajstić information content (AvgIpc) is 0.707. The summed E-state index contributed by atoms with van der Waals surface area (Å²) < 4.78 is 406. The van der Waals surface area contributed by atoms with Gasteiger partial charge in [0.2, 0.25) is 0 Å². The molecule has 8 aliphatic rings. The number of halogens is 13. The van der Waals surface area contributed by atoms with Crippen molar-refractivity contribution in [2.24, 2.45) is 23.7 Å². The van der Waals surface area contributed by atoms with E-state index in [-0.39, 0.29) is 128 Å². The zero-order valence-electron chi connectivity index (χ0n) is 71.5. The Kier molecular flexibility index (Phi) is 30.1. The normalized spacial score (nSPS) is 25.0. The highest BCUT2D eigenvalue weighted by Gasteiger charge is 2.67. The topological polar surface area (TPSA) is 371 Å². The highest BCUT2D eigenvalue weighted by atomic mass is 35.5. The van der Waals surface area contributed by atoms with Crippen molar-refractivity contribution < 1.29 is 154 Å². The van der Waals surface area contributed by atoms with Crippen molar-refractivity contribution in [2.45, 2.75) is 134 Å².